The zero-order valence-corrected chi connectivity index (χ0v) is 11.9. The first-order valence-electron chi connectivity index (χ1n) is 5.96. The van der Waals surface area contributed by atoms with Gasteiger partial charge in [0.25, 0.3) is 5.91 Å². The molecule has 5 heteroatoms. The lowest BCUT2D eigenvalue weighted by molar-refractivity contribution is 0.0265. The van der Waals surface area contributed by atoms with Crippen LogP contribution in [0.3, 0.4) is 0 Å². The van der Waals surface area contributed by atoms with Gasteiger partial charge in [0.1, 0.15) is 0 Å². The first-order valence-corrected chi connectivity index (χ1v) is 6.75. The first-order chi connectivity index (χ1) is 8.47. The predicted molar refractivity (Wildman–Crippen MR) is 74.2 cm³/mol. The molecule has 0 saturated heterocycles. The highest BCUT2D eigenvalue weighted by atomic mass is 79.9. The number of nitrogens with zero attached hydrogens (tertiary/aromatic N) is 1. The van der Waals surface area contributed by atoms with Gasteiger partial charge in [-0.3, -0.25) is 4.79 Å². The smallest absolute Gasteiger partial charge is 0.255 e. The Morgan fingerprint density at radius 1 is 1.56 bits per heavy atom. The Bertz CT molecular complexity index is 458. The number of aliphatic hydroxyl groups is 1. The van der Waals surface area contributed by atoms with E-state index in [-0.39, 0.29) is 12.0 Å². The van der Waals surface area contributed by atoms with Crippen molar-refractivity contribution >= 4 is 27.5 Å². The molecule has 1 fully saturated rings. The highest BCUT2D eigenvalue weighted by molar-refractivity contribution is 9.10. The number of rotatable bonds is 3. The van der Waals surface area contributed by atoms with E-state index in [2.05, 4.69) is 15.9 Å². The van der Waals surface area contributed by atoms with Crippen LogP contribution in [0.2, 0.25) is 0 Å². The highest BCUT2D eigenvalue weighted by Gasteiger charge is 2.29. The third-order valence-electron chi connectivity index (χ3n) is 3.33. The summed E-state index contributed by atoms with van der Waals surface area (Å²) in [6.45, 7) is 0.672. The number of hydrogen-bond donors (Lipinski definition) is 2. The van der Waals surface area contributed by atoms with Gasteiger partial charge >= 0.3 is 0 Å². The summed E-state index contributed by atoms with van der Waals surface area (Å²) in [5, 5.41) is 9.23. The number of carbonyl (C=O) groups excluding carboxylic acids is 1. The standard InChI is InChI=1S/C13H17BrN2O2/c1-16(7-8-4-10(17)5-8)13(18)11-3-2-9(14)6-12(11)15/h2-3,6,8,10,17H,4-5,7,15H2,1H3. The topological polar surface area (TPSA) is 66.6 Å². The third-order valence-corrected chi connectivity index (χ3v) is 3.83. The van der Waals surface area contributed by atoms with E-state index < -0.39 is 0 Å². The number of nitrogens with two attached hydrogens (primary N) is 1. The van der Waals surface area contributed by atoms with E-state index in [4.69, 9.17) is 5.73 Å². The molecule has 1 saturated carbocycles. The Balaban J connectivity index is 2.01. The van der Waals surface area contributed by atoms with Gasteiger partial charge in [-0.2, -0.15) is 0 Å². The molecule has 0 aliphatic heterocycles. The Morgan fingerprint density at radius 3 is 2.78 bits per heavy atom. The quantitative estimate of drug-likeness (QED) is 0.837. The maximum Gasteiger partial charge on any atom is 0.255 e. The van der Waals surface area contributed by atoms with Crippen LogP contribution in [0.15, 0.2) is 22.7 Å². The summed E-state index contributed by atoms with van der Waals surface area (Å²) in [7, 11) is 1.77. The summed E-state index contributed by atoms with van der Waals surface area (Å²) in [5.74, 6) is 0.340. The molecule has 98 valence electrons. The lowest BCUT2D eigenvalue weighted by Gasteiger charge is -2.34. The monoisotopic (exact) mass is 312 g/mol. The normalized spacial score (nSPS) is 22.4. The molecule has 1 aromatic carbocycles. The number of carbonyl (C=O) groups is 1. The van der Waals surface area contributed by atoms with Gasteiger partial charge < -0.3 is 15.7 Å². The van der Waals surface area contributed by atoms with Crippen LogP contribution in [-0.2, 0) is 0 Å². The van der Waals surface area contributed by atoms with Gasteiger partial charge in [0, 0.05) is 23.8 Å². The Kier molecular flexibility index (Phi) is 3.92. The fourth-order valence-corrected chi connectivity index (χ4v) is 2.63. The SMILES string of the molecule is CN(CC1CC(O)C1)C(=O)c1ccc(Br)cc1N. The highest BCUT2D eigenvalue weighted by Crippen LogP contribution is 2.28. The number of anilines is 1. The molecule has 1 amide bonds. The summed E-state index contributed by atoms with van der Waals surface area (Å²) < 4.78 is 0.862. The fourth-order valence-electron chi connectivity index (χ4n) is 2.25. The number of amides is 1. The van der Waals surface area contributed by atoms with Gasteiger partial charge in [-0.25, -0.2) is 0 Å². The molecule has 3 N–H and O–H groups in total. The van der Waals surface area contributed by atoms with Crippen molar-refractivity contribution in [1.82, 2.24) is 4.90 Å². The summed E-state index contributed by atoms with van der Waals surface area (Å²) in [4.78, 5) is 13.9. The Labute approximate surface area is 115 Å². The van der Waals surface area contributed by atoms with Crippen LogP contribution < -0.4 is 5.73 Å². The van der Waals surface area contributed by atoms with Crippen LogP contribution in [0.25, 0.3) is 0 Å². The molecule has 1 aromatic rings. The zero-order valence-electron chi connectivity index (χ0n) is 10.3. The fraction of sp³-hybridized carbons (Fsp3) is 0.462. The second kappa shape index (κ2) is 5.28. The number of aliphatic hydroxyl groups excluding tert-OH is 1. The molecular formula is C13H17BrN2O2. The van der Waals surface area contributed by atoms with E-state index in [1.807, 2.05) is 6.07 Å². The van der Waals surface area contributed by atoms with E-state index >= 15 is 0 Å². The minimum Gasteiger partial charge on any atom is -0.398 e. The minimum atomic E-state index is -0.184. The van der Waals surface area contributed by atoms with Gasteiger partial charge in [0.2, 0.25) is 0 Å². The molecule has 1 aliphatic carbocycles. The number of nitrogen functional groups attached to an aromatic ring is 1. The van der Waals surface area contributed by atoms with Crippen LogP contribution in [-0.4, -0.2) is 35.6 Å². The van der Waals surface area contributed by atoms with E-state index in [1.54, 1.807) is 24.1 Å². The summed E-state index contributed by atoms with van der Waals surface area (Å²) in [6, 6.07) is 5.27. The molecule has 2 rings (SSSR count). The molecule has 0 spiro atoms. The van der Waals surface area contributed by atoms with Gasteiger partial charge in [-0.05, 0) is 37.0 Å². The van der Waals surface area contributed by atoms with Crippen LogP contribution in [0.4, 0.5) is 5.69 Å². The number of hydrogen-bond acceptors (Lipinski definition) is 3. The van der Waals surface area contributed by atoms with Crippen molar-refractivity contribution in [2.75, 3.05) is 19.3 Å². The summed E-state index contributed by atoms with van der Waals surface area (Å²) in [6.07, 6.45) is 1.39. The van der Waals surface area contributed by atoms with E-state index in [0.717, 1.165) is 17.3 Å². The predicted octanol–water partition coefficient (Wildman–Crippen LogP) is 1.87. The van der Waals surface area contributed by atoms with Crippen molar-refractivity contribution in [3.8, 4) is 0 Å². The van der Waals surface area contributed by atoms with Crippen molar-refractivity contribution in [3.63, 3.8) is 0 Å². The van der Waals surface area contributed by atoms with Gasteiger partial charge in [-0.1, -0.05) is 15.9 Å². The average molecular weight is 313 g/mol. The third kappa shape index (κ3) is 2.84. The van der Waals surface area contributed by atoms with Crippen molar-refractivity contribution < 1.29 is 9.90 Å². The molecule has 0 atom stereocenters. The largest absolute Gasteiger partial charge is 0.398 e. The summed E-state index contributed by atoms with van der Waals surface area (Å²) in [5.41, 5.74) is 6.85. The molecule has 0 bridgehead atoms. The van der Waals surface area contributed by atoms with Crippen LogP contribution in [0.5, 0.6) is 0 Å². The van der Waals surface area contributed by atoms with Crippen LogP contribution in [0.1, 0.15) is 23.2 Å². The lowest BCUT2D eigenvalue weighted by atomic mass is 9.82. The molecule has 4 nitrogen and oxygen atoms in total. The van der Waals surface area contributed by atoms with Crippen molar-refractivity contribution in [2.24, 2.45) is 5.92 Å². The van der Waals surface area contributed by atoms with E-state index in [1.165, 1.54) is 0 Å². The van der Waals surface area contributed by atoms with Crippen LogP contribution >= 0.6 is 15.9 Å². The zero-order chi connectivity index (χ0) is 13.3. The molecule has 0 heterocycles. The lowest BCUT2D eigenvalue weighted by Crippen LogP contribution is -2.39. The van der Waals surface area contributed by atoms with E-state index in [9.17, 15) is 9.90 Å². The van der Waals surface area contributed by atoms with Crippen LogP contribution in [0, 0.1) is 5.92 Å². The van der Waals surface area contributed by atoms with Gasteiger partial charge in [0.05, 0.1) is 11.7 Å². The molecule has 0 aromatic heterocycles. The Hall–Kier alpha value is -1.07. The molecular weight excluding hydrogens is 296 g/mol. The van der Waals surface area contributed by atoms with Crippen molar-refractivity contribution in [2.45, 2.75) is 18.9 Å². The second-order valence-corrected chi connectivity index (χ2v) is 5.82. The summed E-state index contributed by atoms with van der Waals surface area (Å²) >= 11 is 3.32. The minimum absolute atomic E-state index is 0.0682. The maximum atomic E-state index is 12.2. The number of benzene rings is 1. The Morgan fingerprint density at radius 2 is 2.22 bits per heavy atom. The number of halogens is 1. The maximum absolute atomic E-state index is 12.2. The first kappa shape index (κ1) is 13.4. The average Bonchev–Trinajstić information content (AvgIpc) is 2.26. The van der Waals surface area contributed by atoms with Crippen molar-refractivity contribution in [1.29, 1.82) is 0 Å². The molecule has 18 heavy (non-hydrogen) atoms. The van der Waals surface area contributed by atoms with Crippen molar-refractivity contribution in [3.05, 3.63) is 28.2 Å². The van der Waals surface area contributed by atoms with Gasteiger partial charge in [-0.15, -0.1) is 0 Å². The molecule has 0 unspecified atom stereocenters. The molecule has 1 aliphatic rings. The van der Waals surface area contributed by atoms with E-state index in [0.29, 0.717) is 23.7 Å². The van der Waals surface area contributed by atoms with Gasteiger partial charge in [0.15, 0.2) is 0 Å². The second-order valence-electron chi connectivity index (χ2n) is 4.91. The molecule has 0 radical (unpaired) electrons.